The Morgan fingerprint density at radius 2 is 0.907 bits per heavy atom. The summed E-state index contributed by atoms with van der Waals surface area (Å²) in [5.74, 6) is -8.18. The topological polar surface area (TPSA) is 33.5 Å². The number of nitrogens with zero attached hydrogens (tertiary/aromatic N) is 4. The summed E-state index contributed by atoms with van der Waals surface area (Å²) in [5, 5.41) is 2.12. The third-order valence-electron chi connectivity index (χ3n) is 16.7. The molecule has 10 heteroatoms. The van der Waals surface area contributed by atoms with Crippen LogP contribution in [0.3, 0.4) is 0 Å². The van der Waals surface area contributed by atoms with Crippen LogP contribution in [-0.4, -0.2) is 16.2 Å². The van der Waals surface area contributed by atoms with E-state index in [2.05, 4.69) is 169 Å². The number of hydrogen-bond acceptors (Lipinski definition) is 4. The van der Waals surface area contributed by atoms with E-state index in [1.54, 1.807) is 6.07 Å². The average Bonchev–Trinajstić information content (AvgIpc) is 1.42. The van der Waals surface area contributed by atoms with Gasteiger partial charge in [-0.05, 0) is 138 Å². The summed E-state index contributed by atoms with van der Waals surface area (Å²) >= 11 is 0. The minimum atomic E-state index is -2.22. The molecule has 434 valence electrons. The van der Waals surface area contributed by atoms with Crippen LogP contribution in [0.4, 0.5) is 44.7 Å². The van der Waals surface area contributed by atoms with Gasteiger partial charge in [0.05, 0.1) is 33.7 Å². The van der Waals surface area contributed by atoms with Gasteiger partial charge in [-0.15, -0.1) is 0 Å². The summed E-state index contributed by atoms with van der Waals surface area (Å²) in [6.45, 7) is 25.3. The van der Waals surface area contributed by atoms with Crippen LogP contribution in [0.2, 0.25) is 0 Å². The summed E-state index contributed by atoms with van der Waals surface area (Å²) in [7, 11) is 0. The molecule has 0 saturated carbocycles. The molecule has 1 aliphatic heterocycles. The van der Waals surface area contributed by atoms with Gasteiger partial charge in [0.25, 0.3) is 0 Å². The van der Waals surface area contributed by atoms with E-state index in [-0.39, 0.29) is 34.2 Å². The average molecular weight is 1150 g/mol. The van der Waals surface area contributed by atoms with Gasteiger partial charge in [-0.25, -0.2) is 26.9 Å². The van der Waals surface area contributed by atoms with Gasteiger partial charge in [0.1, 0.15) is 24.0 Å². The molecule has 0 radical (unpaired) electrons. The van der Waals surface area contributed by atoms with E-state index in [0.29, 0.717) is 34.0 Å². The number of fused-ring (bicyclic) bond motifs is 4. The molecule has 0 unspecified atom stereocenters. The SMILES string of the molecule is CC(C)(C)c1cc(-c2cc(C(C)(C)C)cc(-c3c(F)c(F)c(F)c(F)c3F)c2N2CN(c3cc(Oc4ccc5c6ccccc6n(-c6cc(C(C)(C)C)ccn6)c5c4)cc(-c4ccc(-c5ccccc5)cc4)c3)c3ccccc32)cc(C(C)(C)C)c1. The minimum Gasteiger partial charge on any atom is -0.457 e. The summed E-state index contributed by atoms with van der Waals surface area (Å²) in [6.07, 6.45) is 1.86. The van der Waals surface area contributed by atoms with Crippen molar-refractivity contribution in [2.45, 2.75) is 105 Å². The largest absolute Gasteiger partial charge is 0.457 e. The van der Waals surface area contributed by atoms with Crippen LogP contribution >= 0.6 is 0 Å². The number of rotatable bonds is 9. The number of para-hydroxylation sites is 3. The van der Waals surface area contributed by atoms with Crippen molar-refractivity contribution in [3.8, 4) is 61.8 Å². The molecular weight excluding hydrogens is 1080 g/mol. The molecule has 0 aliphatic carbocycles. The predicted molar refractivity (Wildman–Crippen MR) is 343 cm³/mol. The first kappa shape index (κ1) is 57.4. The van der Waals surface area contributed by atoms with Crippen molar-refractivity contribution in [3.63, 3.8) is 0 Å². The van der Waals surface area contributed by atoms with Crippen LogP contribution in [0.25, 0.3) is 72.1 Å². The first-order chi connectivity index (χ1) is 40.7. The minimum absolute atomic E-state index is 0.0528. The number of ether oxygens (including phenoxy) is 1. The summed E-state index contributed by atoms with van der Waals surface area (Å²) < 4.78 is 89.8. The molecular formula is C76H69F5N4O. The Morgan fingerprint density at radius 3 is 1.53 bits per heavy atom. The molecule has 0 spiro atoms. The molecule has 0 bridgehead atoms. The smallest absolute Gasteiger partial charge is 0.200 e. The Labute approximate surface area is 501 Å². The number of hydrogen-bond donors (Lipinski definition) is 0. The quantitative estimate of drug-likeness (QED) is 0.0819. The van der Waals surface area contributed by atoms with Crippen molar-refractivity contribution in [1.82, 2.24) is 9.55 Å². The molecule has 0 fully saturated rings. The highest BCUT2D eigenvalue weighted by atomic mass is 19.2. The van der Waals surface area contributed by atoms with Gasteiger partial charge in [-0.3, -0.25) is 4.57 Å². The molecule has 5 nitrogen and oxygen atoms in total. The van der Waals surface area contributed by atoms with Crippen molar-refractivity contribution in [3.05, 3.63) is 240 Å². The maximum atomic E-state index is 16.9. The zero-order valence-corrected chi connectivity index (χ0v) is 50.7. The highest BCUT2D eigenvalue weighted by Gasteiger charge is 2.37. The maximum absolute atomic E-state index is 16.9. The van der Waals surface area contributed by atoms with Crippen LogP contribution in [0.5, 0.6) is 11.5 Å². The molecule has 12 rings (SSSR count). The third kappa shape index (κ3) is 10.5. The van der Waals surface area contributed by atoms with E-state index in [1.807, 2.05) is 111 Å². The van der Waals surface area contributed by atoms with Crippen LogP contribution in [-0.2, 0) is 21.7 Å². The van der Waals surface area contributed by atoms with Crippen LogP contribution in [0, 0.1) is 29.1 Å². The molecule has 86 heavy (non-hydrogen) atoms. The lowest BCUT2D eigenvalue weighted by Gasteiger charge is -2.32. The monoisotopic (exact) mass is 1150 g/mol. The molecule has 0 amide bonds. The first-order valence-corrected chi connectivity index (χ1v) is 29.2. The van der Waals surface area contributed by atoms with E-state index < -0.39 is 40.1 Å². The van der Waals surface area contributed by atoms with Gasteiger partial charge < -0.3 is 14.5 Å². The van der Waals surface area contributed by atoms with E-state index in [0.717, 1.165) is 77.8 Å². The van der Waals surface area contributed by atoms with Gasteiger partial charge >= 0.3 is 0 Å². The second-order valence-corrected chi connectivity index (χ2v) is 26.8. The Morgan fingerprint density at radius 1 is 0.384 bits per heavy atom. The standard InChI is InChI=1S/C76H69F5N4O/c1-73(2,3)50-32-33-82-65(41-50)85-61-23-17-16-22-57(61)58-31-30-55(43-64(58)85)86-56-37-48(47-28-26-46(27-29-47)45-20-14-13-15-21-45)36-54(42-56)83-44-84(63-25-19-18-24-62(63)83)72-59(49-34-51(74(4,5)6)38-52(35-49)75(7,8)9)39-53(76(10,11)12)40-60(72)66-67(77)69(79)71(81)70(80)68(66)78/h13-43H,44H2,1-12H3. The van der Waals surface area contributed by atoms with E-state index in [9.17, 15) is 0 Å². The summed E-state index contributed by atoms with van der Waals surface area (Å²) in [5.41, 5.74) is 10.7. The molecule has 0 atom stereocenters. The number of halogens is 5. The number of pyridine rings is 1. The molecule has 11 aromatic rings. The van der Waals surface area contributed by atoms with E-state index in [1.165, 1.54) is 0 Å². The molecule has 9 aromatic carbocycles. The van der Waals surface area contributed by atoms with Crippen molar-refractivity contribution in [1.29, 1.82) is 0 Å². The Hall–Kier alpha value is -9.02. The van der Waals surface area contributed by atoms with Gasteiger partial charge in [-0.2, -0.15) is 0 Å². The van der Waals surface area contributed by atoms with E-state index >= 15 is 22.0 Å². The van der Waals surface area contributed by atoms with Gasteiger partial charge in [0, 0.05) is 45.9 Å². The normalized spacial score (nSPS) is 13.1. The molecule has 3 heterocycles. The number of anilines is 4. The second-order valence-electron chi connectivity index (χ2n) is 26.8. The lowest BCUT2D eigenvalue weighted by molar-refractivity contribution is 0.381. The van der Waals surface area contributed by atoms with Gasteiger partial charge in [0.15, 0.2) is 23.3 Å². The van der Waals surface area contributed by atoms with Crippen LogP contribution in [0.1, 0.15) is 105 Å². The van der Waals surface area contributed by atoms with Gasteiger partial charge in [-0.1, -0.05) is 186 Å². The summed E-state index contributed by atoms with van der Waals surface area (Å²) in [6, 6.07) is 61.0. The Bertz CT molecular complexity index is 4400. The third-order valence-corrected chi connectivity index (χ3v) is 16.7. The highest BCUT2D eigenvalue weighted by molar-refractivity contribution is 6.09. The fraction of sp³-hybridized carbons (Fsp3) is 0.224. The van der Waals surface area contributed by atoms with E-state index in [4.69, 9.17) is 9.72 Å². The number of aromatic nitrogens is 2. The highest BCUT2D eigenvalue weighted by Crippen LogP contribution is 2.54. The zero-order chi connectivity index (χ0) is 60.9. The van der Waals surface area contributed by atoms with Crippen molar-refractivity contribution >= 4 is 44.6 Å². The fourth-order valence-corrected chi connectivity index (χ4v) is 11.7. The van der Waals surface area contributed by atoms with Gasteiger partial charge in [0.2, 0.25) is 5.82 Å². The molecule has 0 N–H and O–H groups in total. The predicted octanol–water partition coefficient (Wildman–Crippen LogP) is 21.8. The molecule has 1 aliphatic rings. The number of benzene rings is 9. The fourth-order valence-electron chi connectivity index (χ4n) is 11.7. The lowest BCUT2D eigenvalue weighted by atomic mass is 9.77. The van der Waals surface area contributed by atoms with Crippen LogP contribution in [0.15, 0.2) is 188 Å². The molecule has 0 saturated heterocycles. The lowest BCUT2D eigenvalue weighted by Crippen LogP contribution is -2.26. The second kappa shape index (κ2) is 21.2. The Kier molecular flexibility index (Phi) is 14.1. The Balaban J connectivity index is 1.07. The first-order valence-electron chi connectivity index (χ1n) is 29.2. The molecule has 2 aromatic heterocycles. The van der Waals surface area contributed by atoms with Crippen molar-refractivity contribution in [2.24, 2.45) is 0 Å². The van der Waals surface area contributed by atoms with Crippen LogP contribution < -0.4 is 14.5 Å². The zero-order valence-electron chi connectivity index (χ0n) is 50.7. The summed E-state index contributed by atoms with van der Waals surface area (Å²) in [4.78, 5) is 8.97. The maximum Gasteiger partial charge on any atom is 0.200 e. The van der Waals surface area contributed by atoms with Crippen molar-refractivity contribution in [2.75, 3.05) is 16.5 Å². The van der Waals surface area contributed by atoms with Crippen molar-refractivity contribution < 1.29 is 26.7 Å².